The average molecular weight is 417 g/mol. The third-order valence-corrected chi connectivity index (χ3v) is 5.58. The largest absolute Gasteiger partial charge is 0.444 e. The third kappa shape index (κ3) is 6.54. The molecule has 0 saturated carbocycles. The quantitative estimate of drug-likeness (QED) is 0.756. The summed E-state index contributed by atoms with van der Waals surface area (Å²) in [5.41, 5.74) is 1.45. The van der Waals surface area contributed by atoms with Crippen LogP contribution in [0.4, 0.5) is 21.0 Å². The number of carbonyl (C=O) groups is 2. The molecule has 1 aromatic rings. The van der Waals surface area contributed by atoms with Crippen LogP contribution in [0.2, 0.25) is 0 Å². The smallest absolute Gasteiger partial charge is 0.410 e. The molecule has 0 unspecified atom stereocenters. The number of benzene rings is 1. The Morgan fingerprint density at radius 1 is 0.967 bits per heavy atom. The Hall–Kier alpha value is -2.44. The van der Waals surface area contributed by atoms with Gasteiger partial charge in [0.25, 0.3) is 0 Å². The first-order valence-electron chi connectivity index (χ1n) is 11.2. The standard InChI is InChI=1S/C23H36N4O3/c1-23(2,3)30-22(29)27-16-12-18(13-17-27)24-21(28)25-19-10-6-7-11-20(19)26-14-8-4-5-9-15-26/h6-7,10-11,18H,4-5,8-9,12-17H2,1-3H3,(H2,24,25,28). The van der Waals surface area contributed by atoms with Gasteiger partial charge >= 0.3 is 12.1 Å². The molecule has 2 aliphatic rings. The van der Waals surface area contributed by atoms with Gasteiger partial charge in [0.15, 0.2) is 0 Å². The van der Waals surface area contributed by atoms with Crippen molar-refractivity contribution in [3.05, 3.63) is 24.3 Å². The highest BCUT2D eigenvalue weighted by molar-refractivity contribution is 5.93. The number of nitrogens with zero attached hydrogens (tertiary/aromatic N) is 2. The number of anilines is 2. The summed E-state index contributed by atoms with van der Waals surface area (Å²) >= 11 is 0. The molecule has 0 atom stereocenters. The SMILES string of the molecule is CC(C)(C)OC(=O)N1CCC(NC(=O)Nc2ccccc2N2CCCCCC2)CC1. The van der Waals surface area contributed by atoms with E-state index in [0.717, 1.165) is 37.3 Å². The van der Waals surface area contributed by atoms with Crippen molar-refractivity contribution in [1.29, 1.82) is 0 Å². The van der Waals surface area contributed by atoms with E-state index in [-0.39, 0.29) is 18.2 Å². The molecule has 0 spiro atoms. The van der Waals surface area contributed by atoms with E-state index in [4.69, 9.17) is 4.74 Å². The second-order valence-electron chi connectivity index (χ2n) is 9.26. The van der Waals surface area contributed by atoms with Gasteiger partial charge in [-0.15, -0.1) is 0 Å². The molecule has 2 aliphatic heterocycles. The van der Waals surface area contributed by atoms with Crippen molar-refractivity contribution >= 4 is 23.5 Å². The summed E-state index contributed by atoms with van der Waals surface area (Å²) in [6, 6.07) is 7.89. The third-order valence-electron chi connectivity index (χ3n) is 5.58. The van der Waals surface area contributed by atoms with Crippen LogP contribution in [0.3, 0.4) is 0 Å². The highest BCUT2D eigenvalue weighted by Gasteiger charge is 2.27. The van der Waals surface area contributed by atoms with Crippen LogP contribution in [-0.2, 0) is 4.74 Å². The molecular formula is C23H36N4O3. The summed E-state index contributed by atoms with van der Waals surface area (Å²) in [5.74, 6) is 0. The van der Waals surface area contributed by atoms with Crippen molar-refractivity contribution in [2.24, 2.45) is 0 Å². The maximum absolute atomic E-state index is 12.6. The Kier molecular flexibility index (Phi) is 7.45. The van der Waals surface area contributed by atoms with Crippen LogP contribution in [0.15, 0.2) is 24.3 Å². The minimum atomic E-state index is -0.493. The number of para-hydroxylation sites is 2. The number of piperidine rings is 1. The summed E-state index contributed by atoms with van der Waals surface area (Å²) in [6.07, 6.45) is 6.09. The fraction of sp³-hybridized carbons (Fsp3) is 0.652. The number of hydrogen-bond donors (Lipinski definition) is 2. The Morgan fingerprint density at radius 2 is 1.60 bits per heavy atom. The van der Waals surface area contributed by atoms with Gasteiger partial charge in [-0.1, -0.05) is 25.0 Å². The number of urea groups is 1. The lowest BCUT2D eigenvalue weighted by molar-refractivity contribution is 0.0202. The molecule has 7 heteroatoms. The molecule has 30 heavy (non-hydrogen) atoms. The molecular weight excluding hydrogens is 380 g/mol. The molecule has 1 aromatic carbocycles. The molecule has 2 N–H and O–H groups in total. The number of hydrogen-bond acceptors (Lipinski definition) is 4. The van der Waals surface area contributed by atoms with Crippen LogP contribution in [0.1, 0.15) is 59.3 Å². The van der Waals surface area contributed by atoms with Crippen LogP contribution in [0.25, 0.3) is 0 Å². The minimum absolute atomic E-state index is 0.0500. The molecule has 7 nitrogen and oxygen atoms in total. The molecule has 2 heterocycles. The van der Waals surface area contributed by atoms with Gasteiger partial charge in [0.1, 0.15) is 5.60 Å². The maximum atomic E-state index is 12.6. The molecule has 2 saturated heterocycles. The van der Waals surface area contributed by atoms with E-state index >= 15 is 0 Å². The summed E-state index contributed by atoms with van der Waals surface area (Å²) < 4.78 is 5.43. The van der Waals surface area contributed by atoms with Gasteiger partial charge in [-0.25, -0.2) is 9.59 Å². The van der Waals surface area contributed by atoms with Gasteiger partial charge in [-0.3, -0.25) is 0 Å². The monoisotopic (exact) mass is 416 g/mol. The zero-order valence-electron chi connectivity index (χ0n) is 18.6. The van der Waals surface area contributed by atoms with E-state index in [0.29, 0.717) is 13.1 Å². The second-order valence-corrected chi connectivity index (χ2v) is 9.26. The van der Waals surface area contributed by atoms with Gasteiger partial charge in [-0.05, 0) is 58.6 Å². The van der Waals surface area contributed by atoms with Crippen molar-refractivity contribution in [3.8, 4) is 0 Å². The maximum Gasteiger partial charge on any atom is 0.410 e. The van der Waals surface area contributed by atoms with Crippen LogP contribution >= 0.6 is 0 Å². The van der Waals surface area contributed by atoms with E-state index < -0.39 is 5.60 Å². The molecule has 2 fully saturated rings. The lowest BCUT2D eigenvalue weighted by Gasteiger charge is -2.33. The molecule has 3 rings (SSSR count). The number of ether oxygens (including phenoxy) is 1. The number of likely N-dealkylation sites (tertiary alicyclic amines) is 1. The van der Waals surface area contributed by atoms with E-state index in [1.165, 1.54) is 25.7 Å². The van der Waals surface area contributed by atoms with Gasteiger partial charge in [0.2, 0.25) is 0 Å². The molecule has 0 aromatic heterocycles. The fourth-order valence-electron chi connectivity index (χ4n) is 4.04. The van der Waals surface area contributed by atoms with Crippen LogP contribution in [0, 0.1) is 0 Å². The van der Waals surface area contributed by atoms with Crippen molar-refractivity contribution in [1.82, 2.24) is 10.2 Å². The molecule has 3 amide bonds. The summed E-state index contributed by atoms with van der Waals surface area (Å²) in [6.45, 7) is 8.84. The summed E-state index contributed by atoms with van der Waals surface area (Å²) in [7, 11) is 0. The van der Waals surface area contributed by atoms with Gasteiger partial charge in [-0.2, -0.15) is 0 Å². The Bertz CT molecular complexity index is 715. The van der Waals surface area contributed by atoms with Crippen LogP contribution in [-0.4, -0.2) is 54.8 Å². The predicted octanol–water partition coefficient (Wildman–Crippen LogP) is 4.59. The predicted molar refractivity (Wildman–Crippen MR) is 120 cm³/mol. The van der Waals surface area contributed by atoms with Crippen LogP contribution < -0.4 is 15.5 Å². The van der Waals surface area contributed by atoms with Gasteiger partial charge in [0, 0.05) is 32.2 Å². The number of amides is 3. The summed E-state index contributed by atoms with van der Waals surface area (Å²) in [5, 5.41) is 6.11. The Balaban J connectivity index is 1.50. The Labute approximate surface area is 180 Å². The van der Waals surface area contributed by atoms with Crippen LogP contribution in [0.5, 0.6) is 0 Å². The van der Waals surface area contributed by atoms with E-state index in [1.807, 2.05) is 39.0 Å². The lowest BCUT2D eigenvalue weighted by atomic mass is 10.1. The van der Waals surface area contributed by atoms with Gasteiger partial charge < -0.3 is 25.2 Å². The topological polar surface area (TPSA) is 73.9 Å². The first kappa shape index (κ1) is 22.2. The molecule has 0 aliphatic carbocycles. The number of rotatable bonds is 3. The molecule has 166 valence electrons. The van der Waals surface area contributed by atoms with E-state index in [1.54, 1.807) is 4.90 Å². The zero-order valence-corrected chi connectivity index (χ0v) is 18.6. The Morgan fingerprint density at radius 3 is 2.23 bits per heavy atom. The fourth-order valence-corrected chi connectivity index (χ4v) is 4.04. The van der Waals surface area contributed by atoms with Crippen molar-refractivity contribution in [2.45, 2.75) is 70.9 Å². The first-order valence-corrected chi connectivity index (χ1v) is 11.2. The molecule has 0 radical (unpaired) electrons. The van der Waals surface area contributed by atoms with Crippen molar-refractivity contribution < 1.29 is 14.3 Å². The minimum Gasteiger partial charge on any atom is -0.444 e. The highest BCUT2D eigenvalue weighted by Crippen LogP contribution is 2.28. The zero-order chi connectivity index (χ0) is 21.6. The van der Waals surface area contributed by atoms with Crippen molar-refractivity contribution in [3.63, 3.8) is 0 Å². The highest BCUT2D eigenvalue weighted by atomic mass is 16.6. The first-order chi connectivity index (χ1) is 14.3. The van der Waals surface area contributed by atoms with E-state index in [2.05, 4.69) is 21.6 Å². The van der Waals surface area contributed by atoms with E-state index in [9.17, 15) is 9.59 Å². The summed E-state index contributed by atoms with van der Waals surface area (Å²) in [4.78, 5) is 28.9. The van der Waals surface area contributed by atoms with Crippen molar-refractivity contribution in [2.75, 3.05) is 36.4 Å². The number of carbonyl (C=O) groups excluding carboxylic acids is 2. The second kappa shape index (κ2) is 10.0. The lowest BCUT2D eigenvalue weighted by Crippen LogP contribution is -2.48. The molecule has 0 bridgehead atoms. The number of nitrogens with one attached hydrogen (secondary N) is 2. The van der Waals surface area contributed by atoms with Gasteiger partial charge in [0.05, 0.1) is 11.4 Å². The normalized spacial score (nSPS) is 18.5. The average Bonchev–Trinajstić information content (AvgIpc) is 2.97.